The molecule has 0 unspecified atom stereocenters. The van der Waals surface area contributed by atoms with Crippen LogP contribution in [0.15, 0.2) is 35.1 Å². The van der Waals surface area contributed by atoms with Gasteiger partial charge in [0, 0.05) is 34.5 Å². The Morgan fingerprint density at radius 2 is 2.22 bits per heavy atom. The van der Waals surface area contributed by atoms with E-state index in [-0.39, 0.29) is 0 Å². The van der Waals surface area contributed by atoms with E-state index in [1.165, 1.54) is 0 Å². The molecule has 1 heterocycles. The van der Waals surface area contributed by atoms with E-state index in [9.17, 15) is 0 Å². The van der Waals surface area contributed by atoms with E-state index in [0.29, 0.717) is 11.1 Å². The largest absolute Gasteiger partial charge is 0.381 e. The highest BCUT2D eigenvalue weighted by molar-refractivity contribution is 9.10. The zero-order valence-electron chi connectivity index (χ0n) is 10.3. The molecule has 18 heavy (non-hydrogen) atoms. The second-order valence-corrected chi connectivity index (χ2v) is 5.67. The lowest BCUT2D eigenvalue weighted by atomic mass is 10.3. The molecule has 0 saturated carbocycles. The van der Waals surface area contributed by atoms with E-state index >= 15 is 0 Å². The third kappa shape index (κ3) is 3.27. The second-order valence-electron chi connectivity index (χ2n) is 4.40. The Hall–Kier alpha value is -1.00. The van der Waals surface area contributed by atoms with Crippen molar-refractivity contribution in [2.75, 3.05) is 5.32 Å². The zero-order valence-corrected chi connectivity index (χ0v) is 12.7. The van der Waals surface area contributed by atoms with Crippen LogP contribution in [0.3, 0.4) is 0 Å². The van der Waals surface area contributed by atoms with E-state index in [4.69, 9.17) is 11.6 Å². The summed E-state index contributed by atoms with van der Waals surface area (Å²) in [6, 6.07) is 6.21. The van der Waals surface area contributed by atoms with Gasteiger partial charge in [0.25, 0.3) is 0 Å². The smallest absolute Gasteiger partial charge is 0.0568 e. The summed E-state index contributed by atoms with van der Waals surface area (Å²) < 4.78 is 2.85. The average Bonchev–Trinajstić information content (AvgIpc) is 2.79. The van der Waals surface area contributed by atoms with Crippen LogP contribution >= 0.6 is 27.5 Å². The Bertz CT molecular complexity index is 537. The van der Waals surface area contributed by atoms with Crippen molar-refractivity contribution >= 4 is 33.2 Å². The van der Waals surface area contributed by atoms with E-state index in [1.807, 2.05) is 29.1 Å². The number of hydrogen-bond acceptors (Lipinski definition) is 2. The lowest BCUT2D eigenvalue weighted by Crippen LogP contribution is -2.01. The first-order valence-electron chi connectivity index (χ1n) is 5.78. The van der Waals surface area contributed by atoms with Crippen molar-refractivity contribution in [3.63, 3.8) is 0 Å². The topological polar surface area (TPSA) is 29.9 Å². The number of halogens is 2. The van der Waals surface area contributed by atoms with Gasteiger partial charge in [0.1, 0.15) is 0 Å². The standard InChI is InChI=1S/C13H15BrClN3/c1-9(2)18-8-10(7-17-18)6-16-11-3-4-12(14)13(15)5-11/h3-5,7-9,16H,6H2,1-2H3. The molecule has 0 aliphatic heterocycles. The molecule has 0 bridgehead atoms. The summed E-state index contributed by atoms with van der Waals surface area (Å²) in [5, 5.41) is 8.33. The molecule has 0 radical (unpaired) electrons. The molecule has 0 aliphatic rings. The fraction of sp³-hybridized carbons (Fsp3) is 0.308. The molecule has 96 valence electrons. The molecule has 0 atom stereocenters. The molecule has 2 rings (SSSR count). The van der Waals surface area contributed by atoms with Gasteiger partial charge in [-0.2, -0.15) is 5.10 Å². The van der Waals surface area contributed by atoms with Crippen LogP contribution in [-0.2, 0) is 6.54 Å². The molecule has 1 aromatic carbocycles. The van der Waals surface area contributed by atoms with Crippen molar-refractivity contribution in [1.82, 2.24) is 9.78 Å². The van der Waals surface area contributed by atoms with Gasteiger partial charge in [-0.25, -0.2) is 0 Å². The van der Waals surface area contributed by atoms with Crippen molar-refractivity contribution in [2.24, 2.45) is 0 Å². The molecular formula is C13H15BrClN3. The van der Waals surface area contributed by atoms with E-state index < -0.39 is 0 Å². The molecular weight excluding hydrogens is 314 g/mol. The summed E-state index contributed by atoms with van der Waals surface area (Å²) in [4.78, 5) is 0. The number of benzene rings is 1. The van der Waals surface area contributed by atoms with E-state index in [0.717, 1.165) is 22.3 Å². The van der Waals surface area contributed by atoms with Crippen molar-refractivity contribution in [3.05, 3.63) is 45.7 Å². The molecule has 0 spiro atoms. The summed E-state index contributed by atoms with van der Waals surface area (Å²) in [7, 11) is 0. The maximum absolute atomic E-state index is 6.04. The maximum atomic E-state index is 6.04. The number of nitrogens with one attached hydrogen (secondary N) is 1. The number of rotatable bonds is 4. The van der Waals surface area contributed by atoms with Crippen LogP contribution in [0, 0.1) is 0 Å². The molecule has 0 aliphatic carbocycles. The zero-order chi connectivity index (χ0) is 13.1. The van der Waals surface area contributed by atoms with Crippen molar-refractivity contribution in [1.29, 1.82) is 0 Å². The van der Waals surface area contributed by atoms with Gasteiger partial charge in [0.05, 0.1) is 11.2 Å². The quantitative estimate of drug-likeness (QED) is 0.896. The van der Waals surface area contributed by atoms with Crippen LogP contribution in [0.1, 0.15) is 25.5 Å². The summed E-state index contributed by atoms with van der Waals surface area (Å²) in [6.45, 7) is 4.96. The monoisotopic (exact) mass is 327 g/mol. The third-order valence-electron chi connectivity index (χ3n) is 2.60. The first-order chi connectivity index (χ1) is 8.56. The number of hydrogen-bond donors (Lipinski definition) is 1. The molecule has 1 aromatic heterocycles. The van der Waals surface area contributed by atoms with Gasteiger partial charge < -0.3 is 5.32 Å². The third-order valence-corrected chi connectivity index (χ3v) is 3.83. The molecule has 3 nitrogen and oxygen atoms in total. The normalized spacial score (nSPS) is 10.9. The van der Waals surface area contributed by atoms with Crippen LogP contribution in [-0.4, -0.2) is 9.78 Å². The van der Waals surface area contributed by atoms with Crippen molar-refractivity contribution < 1.29 is 0 Å². The molecule has 0 fully saturated rings. The Labute approximate surface area is 120 Å². The minimum absolute atomic E-state index is 0.390. The highest BCUT2D eigenvalue weighted by Gasteiger charge is 2.02. The van der Waals surface area contributed by atoms with Gasteiger partial charge in [0.15, 0.2) is 0 Å². The van der Waals surface area contributed by atoms with Crippen LogP contribution in [0.4, 0.5) is 5.69 Å². The van der Waals surface area contributed by atoms with E-state index in [1.54, 1.807) is 0 Å². The lowest BCUT2D eigenvalue weighted by Gasteiger charge is -2.06. The molecule has 1 N–H and O–H groups in total. The van der Waals surface area contributed by atoms with Gasteiger partial charge in [-0.05, 0) is 48.0 Å². The summed E-state index contributed by atoms with van der Waals surface area (Å²) in [5.74, 6) is 0. The Morgan fingerprint density at radius 3 is 2.83 bits per heavy atom. The number of anilines is 1. The second kappa shape index (κ2) is 5.76. The Kier molecular flexibility index (Phi) is 4.30. The van der Waals surface area contributed by atoms with Crippen LogP contribution in [0.2, 0.25) is 5.02 Å². The van der Waals surface area contributed by atoms with Crippen molar-refractivity contribution in [2.45, 2.75) is 26.4 Å². The highest BCUT2D eigenvalue weighted by Crippen LogP contribution is 2.25. The summed E-state index contributed by atoms with van der Waals surface area (Å²) in [6.07, 6.45) is 3.94. The van der Waals surface area contributed by atoms with Gasteiger partial charge >= 0.3 is 0 Å². The highest BCUT2D eigenvalue weighted by atomic mass is 79.9. The summed E-state index contributed by atoms with van der Waals surface area (Å²) in [5.41, 5.74) is 2.16. The van der Waals surface area contributed by atoms with Crippen LogP contribution < -0.4 is 5.32 Å². The minimum atomic E-state index is 0.390. The first-order valence-corrected chi connectivity index (χ1v) is 6.95. The van der Waals surface area contributed by atoms with Gasteiger partial charge in [-0.3, -0.25) is 4.68 Å². The van der Waals surface area contributed by atoms with Gasteiger partial charge in [-0.15, -0.1) is 0 Å². The van der Waals surface area contributed by atoms with Crippen molar-refractivity contribution in [3.8, 4) is 0 Å². The fourth-order valence-electron chi connectivity index (χ4n) is 1.56. The molecule has 5 heteroatoms. The minimum Gasteiger partial charge on any atom is -0.381 e. The predicted molar refractivity (Wildman–Crippen MR) is 79.1 cm³/mol. The summed E-state index contributed by atoms with van der Waals surface area (Å²) >= 11 is 9.41. The average molecular weight is 329 g/mol. The first kappa shape index (κ1) is 13.4. The number of nitrogens with zero attached hydrogens (tertiary/aromatic N) is 2. The SMILES string of the molecule is CC(C)n1cc(CNc2ccc(Br)c(Cl)c2)cn1. The van der Waals surface area contributed by atoms with Gasteiger partial charge in [0.2, 0.25) is 0 Å². The molecule has 0 saturated heterocycles. The Morgan fingerprint density at radius 1 is 1.44 bits per heavy atom. The van der Waals surface area contributed by atoms with Crippen LogP contribution in [0.5, 0.6) is 0 Å². The Balaban J connectivity index is 2.00. The molecule has 0 amide bonds. The maximum Gasteiger partial charge on any atom is 0.0568 e. The predicted octanol–water partition coefficient (Wildman–Crippen LogP) is 4.49. The van der Waals surface area contributed by atoms with Crippen LogP contribution in [0.25, 0.3) is 0 Å². The lowest BCUT2D eigenvalue weighted by molar-refractivity contribution is 0.532. The van der Waals surface area contributed by atoms with Gasteiger partial charge in [-0.1, -0.05) is 11.6 Å². The fourth-order valence-corrected chi connectivity index (χ4v) is 1.99. The van der Waals surface area contributed by atoms with E-state index in [2.05, 4.69) is 46.4 Å². The number of aromatic nitrogens is 2. The molecule has 2 aromatic rings.